The number of oxazole rings is 1. The lowest BCUT2D eigenvalue weighted by molar-refractivity contribution is 0.410. The Hall–Kier alpha value is -1.97. The van der Waals surface area contributed by atoms with Crippen molar-refractivity contribution in [3.63, 3.8) is 0 Å². The average molecular weight is 260 g/mol. The Balaban J connectivity index is 2.33. The third kappa shape index (κ3) is 2.89. The lowest BCUT2D eigenvalue weighted by Gasteiger charge is -2.09. The van der Waals surface area contributed by atoms with Crippen molar-refractivity contribution in [2.75, 3.05) is 19.5 Å². The Morgan fingerprint density at radius 1 is 1.37 bits per heavy atom. The van der Waals surface area contributed by atoms with Gasteiger partial charge in [-0.2, -0.15) is 4.98 Å². The number of nitrogens with one attached hydrogen (secondary N) is 1. The molecule has 2 aromatic rings. The number of ether oxygens (including phenoxy) is 1. The van der Waals surface area contributed by atoms with Crippen LogP contribution < -0.4 is 10.1 Å². The maximum absolute atomic E-state index is 5.50. The standard InChI is InChI=1S/C15H20N2O2/c1-5-11-6-7-14(18-4)12(8-11)9-13-10(2)19-15(16-3)17-13/h6-8H,5,9H2,1-4H3,(H,16,17). The Morgan fingerprint density at radius 2 is 2.16 bits per heavy atom. The van der Waals surface area contributed by atoms with E-state index in [1.54, 1.807) is 14.2 Å². The van der Waals surface area contributed by atoms with Crippen molar-refractivity contribution in [2.24, 2.45) is 0 Å². The molecule has 1 N–H and O–H groups in total. The summed E-state index contributed by atoms with van der Waals surface area (Å²) < 4.78 is 10.9. The van der Waals surface area contributed by atoms with E-state index in [1.165, 1.54) is 5.56 Å². The second-order valence-corrected chi connectivity index (χ2v) is 4.45. The lowest BCUT2D eigenvalue weighted by Crippen LogP contribution is -1.97. The zero-order valence-electron chi connectivity index (χ0n) is 11.9. The first-order chi connectivity index (χ1) is 9.17. The molecule has 0 radical (unpaired) electrons. The smallest absolute Gasteiger partial charge is 0.294 e. The molecule has 0 aliphatic heterocycles. The van der Waals surface area contributed by atoms with Gasteiger partial charge in [-0.1, -0.05) is 19.1 Å². The first kappa shape index (κ1) is 13.5. The molecule has 102 valence electrons. The molecule has 0 bridgehead atoms. The van der Waals surface area contributed by atoms with E-state index in [4.69, 9.17) is 9.15 Å². The third-order valence-corrected chi connectivity index (χ3v) is 3.22. The van der Waals surface area contributed by atoms with Crippen molar-refractivity contribution in [3.05, 3.63) is 40.8 Å². The van der Waals surface area contributed by atoms with E-state index in [2.05, 4.69) is 29.4 Å². The Labute approximate surface area is 113 Å². The Morgan fingerprint density at radius 3 is 2.74 bits per heavy atom. The minimum absolute atomic E-state index is 0.554. The fraction of sp³-hybridized carbons (Fsp3) is 0.400. The molecule has 0 saturated heterocycles. The van der Waals surface area contributed by atoms with Gasteiger partial charge in [0.15, 0.2) is 0 Å². The van der Waals surface area contributed by atoms with Gasteiger partial charge in [0.05, 0.1) is 12.8 Å². The highest BCUT2D eigenvalue weighted by molar-refractivity contribution is 5.40. The van der Waals surface area contributed by atoms with Crippen LogP contribution in [0.25, 0.3) is 0 Å². The Bertz CT molecular complexity index is 561. The van der Waals surface area contributed by atoms with Crippen molar-refractivity contribution in [2.45, 2.75) is 26.7 Å². The van der Waals surface area contributed by atoms with Crippen LogP contribution in [0.3, 0.4) is 0 Å². The zero-order valence-corrected chi connectivity index (χ0v) is 11.9. The van der Waals surface area contributed by atoms with Gasteiger partial charge in [-0.3, -0.25) is 0 Å². The predicted molar refractivity (Wildman–Crippen MR) is 76.0 cm³/mol. The van der Waals surface area contributed by atoms with Crippen LogP contribution in [0.4, 0.5) is 6.01 Å². The van der Waals surface area contributed by atoms with Gasteiger partial charge in [0, 0.05) is 19.0 Å². The molecular formula is C15H20N2O2. The average Bonchev–Trinajstić information content (AvgIpc) is 2.79. The van der Waals surface area contributed by atoms with Crippen molar-refractivity contribution in [3.8, 4) is 5.75 Å². The summed E-state index contributed by atoms with van der Waals surface area (Å²) in [6.07, 6.45) is 1.73. The lowest BCUT2D eigenvalue weighted by atomic mass is 10.0. The number of anilines is 1. The van der Waals surface area contributed by atoms with Crippen LogP contribution in [-0.2, 0) is 12.8 Å². The van der Waals surface area contributed by atoms with Crippen molar-refractivity contribution >= 4 is 6.01 Å². The third-order valence-electron chi connectivity index (χ3n) is 3.22. The number of aromatic nitrogens is 1. The zero-order chi connectivity index (χ0) is 13.8. The predicted octanol–water partition coefficient (Wildman–Crippen LogP) is 3.19. The number of benzene rings is 1. The van der Waals surface area contributed by atoms with Gasteiger partial charge >= 0.3 is 0 Å². The first-order valence-corrected chi connectivity index (χ1v) is 6.47. The molecule has 19 heavy (non-hydrogen) atoms. The van der Waals surface area contributed by atoms with Crippen LogP contribution in [-0.4, -0.2) is 19.1 Å². The highest BCUT2D eigenvalue weighted by atomic mass is 16.5. The summed E-state index contributed by atoms with van der Waals surface area (Å²) in [5.74, 6) is 1.74. The maximum Gasteiger partial charge on any atom is 0.294 e. The van der Waals surface area contributed by atoms with E-state index in [0.29, 0.717) is 12.4 Å². The summed E-state index contributed by atoms with van der Waals surface area (Å²) in [6.45, 7) is 4.07. The number of methoxy groups -OCH3 is 1. The molecule has 4 heteroatoms. The monoisotopic (exact) mass is 260 g/mol. The van der Waals surface area contributed by atoms with Crippen molar-refractivity contribution < 1.29 is 9.15 Å². The van der Waals surface area contributed by atoms with Gasteiger partial charge in [0.2, 0.25) is 0 Å². The second-order valence-electron chi connectivity index (χ2n) is 4.45. The fourth-order valence-corrected chi connectivity index (χ4v) is 2.07. The Kier molecular flexibility index (Phi) is 4.10. The number of nitrogens with zero attached hydrogens (tertiary/aromatic N) is 1. The molecule has 2 rings (SSSR count). The highest BCUT2D eigenvalue weighted by Crippen LogP contribution is 2.25. The molecule has 1 aromatic carbocycles. The van der Waals surface area contributed by atoms with Crippen LogP contribution in [0.15, 0.2) is 22.6 Å². The van der Waals surface area contributed by atoms with Crippen LogP contribution in [0, 0.1) is 6.92 Å². The minimum atomic E-state index is 0.554. The van der Waals surface area contributed by atoms with Crippen LogP contribution >= 0.6 is 0 Å². The molecule has 0 atom stereocenters. The molecule has 0 saturated carbocycles. The normalized spacial score (nSPS) is 10.5. The highest BCUT2D eigenvalue weighted by Gasteiger charge is 2.12. The van der Waals surface area contributed by atoms with Gasteiger partial charge in [0.1, 0.15) is 11.5 Å². The molecule has 0 spiro atoms. The SMILES string of the molecule is CCc1ccc(OC)c(Cc2nc(NC)oc2C)c1. The number of aryl methyl sites for hydroxylation is 2. The molecule has 0 unspecified atom stereocenters. The van der Waals surface area contributed by atoms with E-state index >= 15 is 0 Å². The quantitative estimate of drug-likeness (QED) is 0.897. The van der Waals surface area contributed by atoms with Crippen LogP contribution in [0.1, 0.15) is 29.5 Å². The number of rotatable bonds is 5. The number of hydrogen-bond donors (Lipinski definition) is 1. The van der Waals surface area contributed by atoms with E-state index in [1.807, 2.05) is 13.0 Å². The molecule has 0 amide bonds. The molecule has 1 heterocycles. The molecule has 0 aliphatic rings. The summed E-state index contributed by atoms with van der Waals surface area (Å²) in [6, 6.07) is 6.84. The summed E-state index contributed by atoms with van der Waals surface area (Å²) in [5, 5.41) is 2.92. The summed E-state index contributed by atoms with van der Waals surface area (Å²) in [7, 11) is 3.49. The second kappa shape index (κ2) is 5.78. The van der Waals surface area contributed by atoms with E-state index in [-0.39, 0.29) is 0 Å². The van der Waals surface area contributed by atoms with Gasteiger partial charge in [-0.25, -0.2) is 0 Å². The topological polar surface area (TPSA) is 47.3 Å². The molecule has 1 aromatic heterocycles. The van der Waals surface area contributed by atoms with Gasteiger partial charge < -0.3 is 14.5 Å². The minimum Gasteiger partial charge on any atom is -0.496 e. The molecular weight excluding hydrogens is 240 g/mol. The van der Waals surface area contributed by atoms with Crippen molar-refractivity contribution in [1.29, 1.82) is 0 Å². The largest absolute Gasteiger partial charge is 0.496 e. The molecule has 0 aliphatic carbocycles. The molecule has 4 nitrogen and oxygen atoms in total. The van der Waals surface area contributed by atoms with Crippen LogP contribution in [0.2, 0.25) is 0 Å². The van der Waals surface area contributed by atoms with Crippen molar-refractivity contribution in [1.82, 2.24) is 4.98 Å². The fourth-order valence-electron chi connectivity index (χ4n) is 2.07. The van der Waals surface area contributed by atoms with E-state index < -0.39 is 0 Å². The summed E-state index contributed by atoms with van der Waals surface area (Å²) >= 11 is 0. The summed E-state index contributed by atoms with van der Waals surface area (Å²) in [4.78, 5) is 4.42. The number of hydrogen-bond acceptors (Lipinski definition) is 4. The summed E-state index contributed by atoms with van der Waals surface area (Å²) in [5.41, 5.74) is 3.38. The molecule has 0 fully saturated rings. The first-order valence-electron chi connectivity index (χ1n) is 6.47. The van der Waals surface area contributed by atoms with Gasteiger partial charge in [-0.05, 0) is 25.0 Å². The maximum atomic E-state index is 5.50. The van der Waals surface area contributed by atoms with Gasteiger partial charge in [0.25, 0.3) is 6.01 Å². The van der Waals surface area contributed by atoms with Crippen LogP contribution in [0.5, 0.6) is 5.75 Å². The van der Waals surface area contributed by atoms with Gasteiger partial charge in [-0.15, -0.1) is 0 Å². The van der Waals surface area contributed by atoms with E-state index in [0.717, 1.165) is 29.2 Å². The van der Waals surface area contributed by atoms with E-state index in [9.17, 15) is 0 Å².